The van der Waals surface area contributed by atoms with Crippen LogP contribution in [0.3, 0.4) is 0 Å². The maximum Gasteiger partial charge on any atom is 0.335 e. The Kier molecular flexibility index (Phi) is 7.33. The summed E-state index contributed by atoms with van der Waals surface area (Å²) in [4.78, 5) is 10.8. The van der Waals surface area contributed by atoms with Crippen molar-refractivity contribution in [2.75, 3.05) is 18.5 Å². The third kappa shape index (κ3) is 6.27. The highest BCUT2D eigenvalue weighted by atomic mass is 16.5. The fourth-order valence-corrected chi connectivity index (χ4v) is 2.89. The first kappa shape index (κ1) is 21.2. The van der Waals surface area contributed by atoms with E-state index < -0.39 is 5.97 Å². The fraction of sp³-hybridized carbons (Fsp3) is 0.240. The van der Waals surface area contributed by atoms with Gasteiger partial charge in [-0.05, 0) is 78.6 Å². The van der Waals surface area contributed by atoms with Gasteiger partial charge in [-0.1, -0.05) is 26.0 Å². The lowest BCUT2D eigenvalue weighted by atomic mass is 10.0. The van der Waals surface area contributed by atoms with Gasteiger partial charge >= 0.3 is 5.97 Å². The van der Waals surface area contributed by atoms with Crippen LogP contribution in [0.1, 0.15) is 42.1 Å². The van der Waals surface area contributed by atoms with Crippen LogP contribution in [0, 0.1) is 0 Å². The number of rotatable bonds is 10. The minimum Gasteiger partial charge on any atom is -0.494 e. The Labute approximate surface area is 177 Å². The van der Waals surface area contributed by atoms with Gasteiger partial charge in [0.2, 0.25) is 0 Å². The molecule has 0 bridgehead atoms. The van der Waals surface area contributed by atoms with Gasteiger partial charge in [0, 0.05) is 12.2 Å². The minimum absolute atomic E-state index is 0.254. The van der Waals surface area contributed by atoms with E-state index in [0.717, 1.165) is 30.2 Å². The van der Waals surface area contributed by atoms with Gasteiger partial charge in [0.15, 0.2) is 0 Å². The van der Waals surface area contributed by atoms with E-state index in [2.05, 4.69) is 31.3 Å². The van der Waals surface area contributed by atoms with Crippen LogP contribution in [0.2, 0.25) is 0 Å². The zero-order chi connectivity index (χ0) is 21.3. The highest BCUT2D eigenvalue weighted by Crippen LogP contribution is 2.25. The molecule has 5 nitrogen and oxygen atoms in total. The van der Waals surface area contributed by atoms with Crippen molar-refractivity contribution in [3.05, 3.63) is 83.9 Å². The van der Waals surface area contributed by atoms with Crippen LogP contribution >= 0.6 is 0 Å². The third-order valence-electron chi connectivity index (χ3n) is 4.66. The quantitative estimate of drug-likeness (QED) is 0.394. The van der Waals surface area contributed by atoms with E-state index in [4.69, 9.17) is 14.6 Å². The Hall–Kier alpha value is -3.47. The maximum absolute atomic E-state index is 10.8. The van der Waals surface area contributed by atoms with Crippen molar-refractivity contribution in [1.29, 1.82) is 0 Å². The number of ether oxygens (including phenoxy) is 2. The highest BCUT2D eigenvalue weighted by molar-refractivity contribution is 5.87. The van der Waals surface area contributed by atoms with Crippen LogP contribution in [-0.4, -0.2) is 24.2 Å². The summed E-state index contributed by atoms with van der Waals surface area (Å²) in [7, 11) is 0. The summed E-state index contributed by atoms with van der Waals surface area (Å²) in [5.74, 6) is 1.86. The number of benzene rings is 3. The average molecular weight is 405 g/mol. The molecule has 0 aliphatic heterocycles. The summed E-state index contributed by atoms with van der Waals surface area (Å²) in [6.45, 7) is 5.66. The Bertz CT molecular complexity index is 932. The van der Waals surface area contributed by atoms with Crippen LogP contribution in [0.15, 0.2) is 72.8 Å². The molecule has 0 spiro atoms. The van der Waals surface area contributed by atoms with Gasteiger partial charge in [-0.2, -0.15) is 0 Å². The van der Waals surface area contributed by atoms with Crippen molar-refractivity contribution < 1.29 is 19.4 Å². The molecule has 0 atom stereocenters. The van der Waals surface area contributed by atoms with Crippen molar-refractivity contribution in [2.45, 2.75) is 26.2 Å². The molecule has 156 valence electrons. The zero-order valence-corrected chi connectivity index (χ0v) is 17.3. The lowest BCUT2D eigenvalue weighted by Crippen LogP contribution is -2.07. The van der Waals surface area contributed by atoms with E-state index in [1.54, 1.807) is 12.1 Å². The highest BCUT2D eigenvalue weighted by Gasteiger charge is 2.03. The summed E-state index contributed by atoms with van der Waals surface area (Å²) in [6.07, 6.45) is 0.821. The predicted octanol–water partition coefficient (Wildman–Crippen LogP) is 6.18. The van der Waals surface area contributed by atoms with Gasteiger partial charge < -0.3 is 19.9 Å². The SMILES string of the molecule is CC(C)c1ccc(Oc2ccc(NCCCOc3ccc(C(=O)O)cc3)cc2)cc1. The number of carboxylic acids is 1. The molecule has 0 radical (unpaired) electrons. The summed E-state index contributed by atoms with van der Waals surface area (Å²) >= 11 is 0. The number of hydrogen-bond acceptors (Lipinski definition) is 4. The molecule has 0 amide bonds. The number of carboxylic acid groups (broad SMARTS) is 1. The van der Waals surface area contributed by atoms with E-state index in [0.29, 0.717) is 18.3 Å². The van der Waals surface area contributed by atoms with Gasteiger partial charge in [0.25, 0.3) is 0 Å². The third-order valence-corrected chi connectivity index (χ3v) is 4.66. The predicted molar refractivity (Wildman–Crippen MR) is 119 cm³/mol. The Morgan fingerprint density at radius 1 is 0.867 bits per heavy atom. The Morgan fingerprint density at radius 2 is 1.43 bits per heavy atom. The second-order valence-corrected chi connectivity index (χ2v) is 7.31. The van der Waals surface area contributed by atoms with Gasteiger partial charge in [-0.3, -0.25) is 0 Å². The summed E-state index contributed by atoms with van der Waals surface area (Å²) in [6, 6.07) is 22.5. The van der Waals surface area contributed by atoms with Crippen molar-refractivity contribution in [3.8, 4) is 17.2 Å². The van der Waals surface area contributed by atoms with E-state index in [-0.39, 0.29) is 5.56 Å². The summed E-state index contributed by atoms with van der Waals surface area (Å²) < 4.78 is 11.5. The molecule has 2 N–H and O–H groups in total. The largest absolute Gasteiger partial charge is 0.494 e. The summed E-state index contributed by atoms with van der Waals surface area (Å²) in [5.41, 5.74) is 2.57. The van der Waals surface area contributed by atoms with Gasteiger partial charge in [0.05, 0.1) is 12.2 Å². The Morgan fingerprint density at radius 3 is 2.00 bits per heavy atom. The van der Waals surface area contributed by atoms with Crippen molar-refractivity contribution in [3.63, 3.8) is 0 Å². The molecule has 0 fully saturated rings. The first-order chi connectivity index (χ1) is 14.5. The molecular weight excluding hydrogens is 378 g/mol. The van der Waals surface area contributed by atoms with E-state index in [1.165, 1.54) is 17.7 Å². The normalized spacial score (nSPS) is 10.6. The number of carbonyl (C=O) groups is 1. The minimum atomic E-state index is -0.939. The zero-order valence-electron chi connectivity index (χ0n) is 17.3. The molecule has 30 heavy (non-hydrogen) atoms. The van der Waals surface area contributed by atoms with Crippen LogP contribution in [-0.2, 0) is 0 Å². The first-order valence-electron chi connectivity index (χ1n) is 10.1. The van der Waals surface area contributed by atoms with Crippen LogP contribution < -0.4 is 14.8 Å². The lowest BCUT2D eigenvalue weighted by Gasteiger charge is -2.11. The first-order valence-corrected chi connectivity index (χ1v) is 10.1. The van der Waals surface area contributed by atoms with E-state index in [1.807, 2.05) is 36.4 Å². The van der Waals surface area contributed by atoms with Crippen LogP contribution in [0.4, 0.5) is 5.69 Å². The van der Waals surface area contributed by atoms with E-state index >= 15 is 0 Å². The second-order valence-electron chi connectivity index (χ2n) is 7.31. The Balaban J connectivity index is 1.38. The van der Waals surface area contributed by atoms with Crippen LogP contribution in [0.5, 0.6) is 17.2 Å². The standard InChI is InChI=1S/C25H27NO4/c1-18(2)19-4-12-23(13-5-19)30-24-14-8-21(9-15-24)26-16-3-17-29-22-10-6-20(7-11-22)25(27)28/h4-15,18,26H,3,16-17H2,1-2H3,(H,27,28). The molecule has 5 heteroatoms. The molecule has 0 saturated heterocycles. The fourth-order valence-electron chi connectivity index (χ4n) is 2.89. The van der Waals surface area contributed by atoms with Crippen LogP contribution in [0.25, 0.3) is 0 Å². The van der Waals surface area contributed by atoms with Gasteiger partial charge in [0.1, 0.15) is 17.2 Å². The molecule has 0 saturated carbocycles. The number of nitrogens with one attached hydrogen (secondary N) is 1. The molecule has 3 aromatic carbocycles. The molecule has 0 heterocycles. The number of hydrogen-bond donors (Lipinski definition) is 2. The summed E-state index contributed by atoms with van der Waals surface area (Å²) in [5, 5.41) is 12.2. The van der Waals surface area contributed by atoms with Crippen molar-refractivity contribution in [1.82, 2.24) is 0 Å². The van der Waals surface area contributed by atoms with Crippen molar-refractivity contribution >= 4 is 11.7 Å². The topological polar surface area (TPSA) is 67.8 Å². The maximum atomic E-state index is 10.8. The average Bonchev–Trinajstić information content (AvgIpc) is 2.75. The van der Waals surface area contributed by atoms with Gasteiger partial charge in [-0.15, -0.1) is 0 Å². The molecule has 0 aliphatic rings. The lowest BCUT2D eigenvalue weighted by molar-refractivity contribution is 0.0697. The smallest absolute Gasteiger partial charge is 0.335 e. The molecule has 0 aliphatic carbocycles. The van der Waals surface area contributed by atoms with E-state index in [9.17, 15) is 4.79 Å². The monoisotopic (exact) mass is 405 g/mol. The number of aromatic carboxylic acids is 1. The molecular formula is C25H27NO4. The molecule has 0 aromatic heterocycles. The molecule has 3 rings (SSSR count). The van der Waals surface area contributed by atoms with Gasteiger partial charge in [-0.25, -0.2) is 4.79 Å². The second kappa shape index (κ2) is 10.3. The van der Waals surface area contributed by atoms with Crippen molar-refractivity contribution in [2.24, 2.45) is 0 Å². The molecule has 3 aromatic rings. The molecule has 0 unspecified atom stereocenters. The number of anilines is 1.